The number of carbonyl (C=O) groups excluding carboxylic acids is 1. The molecule has 6 heteroatoms. The molecule has 2 aromatic carbocycles. The Kier molecular flexibility index (Phi) is 6.88. The molecule has 1 amide bonds. The second kappa shape index (κ2) is 8.78. The Morgan fingerprint density at radius 1 is 0.964 bits per heavy atom. The Hall–Kier alpha value is -2.34. The van der Waals surface area contributed by atoms with Gasteiger partial charge in [0.25, 0.3) is 0 Å². The van der Waals surface area contributed by atoms with Gasteiger partial charge in [-0.15, -0.1) is 0 Å². The van der Waals surface area contributed by atoms with Gasteiger partial charge in [0.05, 0.1) is 11.9 Å². The summed E-state index contributed by atoms with van der Waals surface area (Å²) in [6, 6.07) is 13.2. The van der Waals surface area contributed by atoms with Gasteiger partial charge in [0, 0.05) is 5.69 Å². The summed E-state index contributed by atoms with van der Waals surface area (Å²) in [4.78, 5) is 12.8. The van der Waals surface area contributed by atoms with Crippen molar-refractivity contribution < 1.29 is 13.2 Å². The second-order valence-corrected chi connectivity index (χ2v) is 9.63. The highest BCUT2D eigenvalue weighted by Gasteiger charge is 2.24. The maximum absolute atomic E-state index is 12.8. The molecule has 0 aliphatic heterocycles. The van der Waals surface area contributed by atoms with Gasteiger partial charge in [0.15, 0.2) is 0 Å². The normalized spacial score (nSPS) is 11.7. The Balaban J connectivity index is 2.37. The number of nitrogens with zero attached hydrogens (tertiary/aromatic N) is 1. The number of nitrogens with one attached hydrogen (secondary N) is 1. The van der Waals surface area contributed by atoms with Gasteiger partial charge in [-0.05, 0) is 41.5 Å². The van der Waals surface area contributed by atoms with Crippen molar-refractivity contribution in [3.05, 3.63) is 59.2 Å². The molecule has 0 radical (unpaired) electrons. The number of para-hydroxylation sites is 2. The third kappa shape index (κ3) is 5.13. The molecule has 0 aliphatic carbocycles. The fourth-order valence-corrected chi connectivity index (χ4v) is 4.11. The van der Waals surface area contributed by atoms with Crippen molar-refractivity contribution in [2.24, 2.45) is 0 Å². The lowest BCUT2D eigenvalue weighted by Gasteiger charge is -2.26. The highest BCUT2D eigenvalue weighted by Crippen LogP contribution is 2.30. The number of hydrogen-bond donors (Lipinski definition) is 1. The number of amides is 1. The molecule has 2 aromatic rings. The third-order valence-electron chi connectivity index (χ3n) is 4.71. The van der Waals surface area contributed by atoms with E-state index >= 15 is 0 Å². The van der Waals surface area contributed by atoms with Gasteiger partial charge >= 0.3 is 0 Å². The maximum Gasteiger partial charge on any atom is 0.245 e. The number of carbonyl (C=O) groups is 1. The zero-order valence-corrected chi connectivity index (χ0v) is 18.3. The van der Waals surface area contributed by atoms with Gasteiger partial charge in [-0.2, -0.15) is 0 Å². The first-order valence-electron chi connectivity index (χ1n) is 9.48. The molecule has 0 atom stereocenters. The van der Waals surface area contributed by atoms with Crippen LogP contribution in [0, 0.1) is 6.92 Å². The molecule has 0 fully saturated rings. The Labute approximate surface area is 168 Å². The van der Waals surface area contributed by atoms with Gasteiger partial charge in [0.2, 0.25) is 15.9 Å². The van der Waals surface area contributed by atoms with E-state index in [1.54, 1.807) is 12.1 Å². The number of sulfonamides is 1. The van der Waals surface area contributed by atoms with Crippen LogP contribution >= 0.6 is 0 Å². The molecule has 0 aliphatic rings. The predicted octanol–water partition coefficient (Wildman–Crippen LogP) is 4.65. The van der Waals surface area contributed by atoms with Crippen LogP contribution in [0.15, 0.2) is 42.5 Å². The van der Waals surface area contributed by atoms with Gasteiger partial charge in [-0.25, -0.2) is 8.42 Å². The summed E-state index contributed by atoms with van der Waals surface area (Å²) in [6.45, 7) is 9.79. The lowest BCUT2D eigenvalue weighted by atomic mass is 9.98. The number of rotatable bonds is 7. The average Bonchev–Trinajstić information content (AvgIpc) is 2.60. The first-order valence-corrected chi connectivity index (χ1v) is 11.3. The van der Waals surface area contributed by atoms with Crippen LogP contribution < -0.4 is 9.62 Å². The summed E-state index contributed by atoms with van der Waals surface area (Å²) in [7, 11) is -3.63. The average molecular weight is 403 g/mol. The largest absolute Gasteiger partial charge is 0.324 e. The lowest BCUT2D eigenvalue weighted by molar-refractivity contribution is -0.114. The molecule has 152 valence electrons. The van der Waals surface area contributed by atoms with E-state index in [0.717, 1.165) is 28.6 Å². The maximum atomic E-state index is 12.8. The monoisotopic (exact) mass is 402 g/mol. The van der Waals surface area contributed by atoms with Crippen molar-refractivity contribution >= 4 is 27.3 Å². The minimum atomic E-state index is -3.63. The number of aryl methyl sites for hydroxylation is 1. The van der Waals surface area contributed by atoms with E-state index in [4.69, 9.17) is 0 Å². The smallest absolute Gasteiger partial charge is 0.245 e. The molecule has 0 unspecified atom stereocenters. The van der Waals surface area contributed by atoms with Crippen molar-refractivity contribution in [3.63, 3.8) is 0 Å². The fraction of sp³-hybridized carbons (Fsp3) is 0.409. The molecule has 0 bridgehead atoms. The Morgan fingerprint density at radius 3 is 2.11 bits per heavy atom. The molecule has 0 aromatic heterocycles. The van der Waals surface area contributed by atoms with Crippen molar-refractivity contribution in [2.45, 2.75) is 46.5 Å². The Morgan fingerprint density at radius 2 is 1.54 bits per heavy atom. The summed E-state index contributed by atoms with van der Waals surface area (Å²) in [6.07, 6.45) is 1.13. The molecule has 2 rings (SSSR count). The van der Waals surface area contributed by atoms with E-state index in [9.17, 15) is 13.2 Å². The molecule has 5 nitrogen and oxygen atoms in total. The summed E-state index contributed by atoms with van der Waals surface area (Å²) < 4.78 is 26.2. The minimum absolute atomic E-state index is 0.132. The summed E-state index contributed by atoms with van der Waals surface area (Å²) >= 11 is 0. The van der Waals surface area contributed by atoms with Crippen LogP contribution in [0.2, 0.25) is 0 Å². The first kappa shape index (κ1) is 22.0. The van der Waals surface area contributed by atoms with Gasteiger partial charge in [0.1, 0.15) is 6.54 Å². The lowest BCUT2D eigenvalue weighted by Crippen LogP contribution is -2.38. The van der Waals surface area contributed by atoms with E-state index in [1.165, 1.54) is 4.31 Å². The van der Waals surface area contributed by atoms with E-state index in [1.807, 2.05) is 51.1 Å². The van der Waals surface area contributed by atoms with Gasteiger partial charge in [-0.1, -0.05) is 64.1 Å². The van der Waals surface area contributed by atoms with E-state index in [-0.39, 0.29) is 24.3 Å². The second-order valence-electron chi connectivity index (χ2n) is 7.73. The van der Waals surface area contributed by atoms with Crippen LogP contribution in [-0.2, 0) is 14.8 Å². The van der Waals surface area contributed by atoms with Crippen LogP contribution in [0.25, 0.3) is 0 Å². The molecular weight excluding hydrogens is 372 g/mol. The van der Waals surface area contributed by atoms with Crippen molar-refractivity contribution in [3.8, 4) is 0 Å². The molecule has 0 saturated heterocycles. The minimum Gasteiger partial charge on any atom is -0.324 e. The zero-order valence-electron chi connectivity index (χ0n) is 17.5. The molecule has 0 saturated carbocycles. The standard InChI is InChI=1S/C22H30N2O3S/c1-15(2)18-11-7-8-13-20(18)24(28(6,26)27)14-21(25)23-22-17(5)10-9-12-19(22)16(3)4/h7-13,15-16H,14H2,1-6H3,(H,23,25). The zero-order chi connectivity index (χ0) is 21.1. The first-order chi connectivity index (χ1) is 13.0. The molecule has 28 heavy (non-hydrogen) atoms. The quantitative estimate of drug-likeness (QED) is 0.733. The highest BCUT2D eigenvalue weighted by atomic mass is 32.2. The number of anilines is 2. The summed E-state index contributed by atoms with van der Waals surface area (Å²) in [5, 5.41) is 2.94. The van der Waals surface area contributed by atoms with Gasteiger partial charge in [-0.3, -0.25) is 9.10 Å². The van der Waals surface area contributed by atoms with Crippen LogP contribution in [0.1, 0.15) is 56.2 Å². The van der Waals surface area contributed by atoms with Crippen molar-refractivity contribution in [2.75, 3.05) is 22.4 Å². The highest BCUT2D eigenvalue weighted by molar-refractivity contribution is 7.92. The van der Waals surface area contributed by atoms with Crippen molar-refractivity contribution in [1.82, 2.24) is 0 Å². The van der Waals surface area contributed by atoms with Crippen molar-refractivity contribution in [1.29, 1.82) is 0 Å². The SMILES string of the molecule is Cc1cccc(C(C)C)c1NC(=O)CN(c1ccccc1C(C)C)S(C)(=O)=O. The molecule has 1 N–H and O–H groups in total. The van der Waals surface area contributed by atoms with Crippen LogP contribution in [-0.4, -0.2) is 27.1 Å². The van der Waals surface area contributed by atoms with E-state index in [0.29, 0.717) is 5.69 Å². The summed E-state index contributed by atoms with van der Waals surface area (Å²) in [5.74, 6) is 0.00971. The van der Waals surface area contributed by atoms with Crippen LogP contribution in [0.4, 0.5) is 11.4 Å². The predicted molar refractivity (Wildman–Crippen MR) is 117 cm³/mol. The summed E-state index contributed by atoms with van der Waals surface area (Å²) in [5.41, 5.74) is 4.17. The van der Waals surface area contributed by atoms with Gasteiger partial charge < -0.3 is 5.32 Å². The molecule has 0 spiro atoms. The van der Waals surface area contributed by atoms with Crippen LogP contribution in [0.5, 0.6) is 0 Å². The third-order valence-corrected chi connectivity index (χ3v) is 5.83. The number of hydrogen-bond acceptors (Lipinski definition) is 3. The molecular formula is C22H30N2O3S. The number of benzene rings is 2. The van der Waals surface area contributed by atoms with E-state index < -0.39 is 10.0 Å². The fourth-order valence-electron chi connectivity index (χ4n) is 3.24. The van der Waals surface area contributed by atoms with E-state index in [2.05, 4.69) is 19.2 Å². The Bertz CT molecular complexity index is 950. The van der Waals surface area contributed by atoms with Crippen LogP contribution in [0.3, 0.4) is 0 Å². The molecule has 0 heterocycles. The topological polar surface area (TPSA) is 66.5 Å².